The Balaban J connectivity index is 1.71. The van der Waals surface area contributed by atoms with Gasteiger partial charge in [0, 0.05) is 25.2 Å². The molecule has 0 saturated carbocycles. The number of hydrogen-bond donors (Lipinski definition) is 1. The van der Waals surface area contributed by atoms with Crippen LogP contribution in [-0.4, -0.2) is 47.3 Å². The Hall–Kier alpha value is -1.79. The van der Waals surface area contributed by atoms with E-state index in [2.05, 4.69) is 9.47 Å². The Kier molecular flexibility index (Phi) is 3.87. The van der Waals surface area contributed by atoms with Crippen molar-refractivity contribution < 1.29 is 9.47 Å². The quantitative estimate of drug-likeness (QED) is 0.933. The maximum absolute atomic E-state index is 6.16. The van der Waals surface area contributed by atoms with E-state index in [1.54, 1.807) is 0 Å². The second-order valence-corrected chi connectivity index (χ2v) is 6.44. The van der Waals surface area contributed by atoms with Crippen molar-refractivity contribution in [3.8, 4) is 11.5 Å². The van der Waals surface area contributed by atoms with Crippen molar-refractivity contribution in [3.05, 3.63) is 18.0 Å². The van der Waals surface area contributed by atoms with Crippen LogP contribution in [0.15, 0.2) is 12.1 Å². The SMILES string of the molecule is CC(N)c1nc2cc3c(cc2n1CCN1CCCC1)OCCO3. The topological polar surface area (TPSA) is 65.5 Å². The van der Waals surface area contributed by atoms with E-state index in [1.165, 1.54) is 25.9 Å². The lowest BCUT2D eigenvalue weighted by Crippen LogP contribution is -2.25. The first-order chi connectivity index (χ1) is 11.2. The molecule has 1 aromatic carbocycles. The third-order valence-electron chi connectivity index (χ3n) is 4.69. The third-order valence-corrected chi connectivity index (χ3v) is 4.69. The summed E-state index contributed by atoms with van der Waals surface area (Å²) in [5.74, 6) is 2.52. The highest BCUT2D eigenvalue weighted by Crippen LogP contribution is 2.35. The molecule has 6 nitrogen and oxygen atoms in total. The van der Waals surface area contributed by atoms with Gasteiger partial charge in [0.05, 0.1) is 17.1 Å². The molecule has 2 aliphatic rings. The molecule has 0 bridgehead atoms. The van der Waals surface area contributed by atoms with Gasteiger partial charge in [-0.2, -0.15) is 0 Å². The standard InChI is InChI=1S/C17H24N4O2/c1-12(18)17-19-13-10-15-16(23-9-8-22-15)11-14(13)21(17)7-6-20-4-2-3-5-20/h10-12H,2-9,18H2,1H3. The molecular weight excluding hydrogens is 292 g/mol. The van der Waals surface area contributed by atoms with Crippen LogP contribution in [0.1, 0.15) is 31.6 Å². The highest BCUT2D eigenvalue weighted by Gasteiger charge is 2.20. The maximum atomic E-state index is 6.16. The summed E-state index contributed by atoms with van der Waals surface area (Å²) in [7, 11) is 0. The predicted octanol–water partition coefficient (Wildman–Crippen LogP) is 1.92. The van der Waals surface area contributed by atoms with E-state index >= 15 is 0 Å². The van der Waals surface area contributed by atoms with Crippen molar-refractivity contribution in [3.63, 3.8) is 0 Å². The van der Waals surface area contributed by atoms with Gasteiger partial charge >= 0.3 is 0 Å². The summed E-state index contributed by atoms with van der Waals surface area (Å²) >= 11 is 0. The molecule has 2 aliphatic heterocycles. The molecule has 1 unspecified atom stereocenters. The average Bonchev–Trinajstić information content (AvgIpc) is 3.18. The summed E-state index contributed by atoms with van der Waals surface area (Å²) in [4.78, 5) is 7.26. The molecule has 1 fully saturated rings. The summed E-state index contributed by atoms with van der Waals surface area (Å²) in [6, 6.07) is 3.93. The van der Waals surface area contributed by atoms with Crippen LogP contribution in [0.25, 0.3) is 11.0 Å². The van der Waals surface area contributed by atoms with Crippen LogP contribution in [0.5, 0.6) is 11.5 Å². The molecule has 0 spiro atoms. The summed E-state index contributed by atoms with van der Waals surface area (Å²) in [6.45, 7) is 7.53. The van der Waals surface area contributed by atoms with Gasteiger partial charge < -0.3 is 24.7 Å². The lowest BCUT2D eigenvalue weighted by atomic mass is 10.2. The number of ether oxygens (including phenoxy) is 2. The summed E-state index contributed by atoms with van der Waals surface area (Å²) in [6.07, 6.45) is 2.62. The van der Waals surface area contributed by atoms with Crippen molar-refractivity contribution >= 4 is 11.0 Å². The molecule has 23 heavy (non-hydrogen) atoms. The Morgan fingerprint density at radius 2 is 1.83 bits per heavy atom. The van der Waals surface area contributed by atoms with Crippen LogP contribution in [0.4, 0.5) is 0 Å². The normalized spacial score (nSPS) is 19.4. The number of fused-ring (bicyclic) bond motifs is 2. The van der Waals surface area contributed by atoms with E-state index < -0.39 is 0 Å². The summed E-state index contributed by atoms with van der Waals surface area (Å²) in [5, 5.41) is 0. The first-order valence-corrected chi connectivity index (χ1v) is 8.50. The summed E-state index contributed by atoms with van der Waals surface area (Å²) < 4.78 is 13.6. The van der Waals surface area contributed by atoms with E-state index in [9.17, 15) is 0 Å². The number of imidazole rings is 1. The Labute approximate surface area is 136 Å². The second-order valence-electron chi connectivity index (χ2n) is 6.44. The molecule has 3 heterocycles. The highest BCUT2D eigenvalue weighted by atomic mass is 16.6. The van der Waals surface area contributed by atoms with Crippen LogP contribution in [-0.2, 0) is 6.54 Å². The van der Waals surface area contributed by atoms with Gasteiger partial charge in [-0.25, -0.2) is 4.98 Å². The van der Waals surface area contributed by atoms with Crippen molar-refractivity contribution in [2.75, 3.05) is 32.8 Å². The number of hydrogen-bond acceptors (Lipinski definition) is 5. The van der Waals surface area contributed by atoms with Crippen LogP contribution < -0.4 is 15.2 Å². The zero-order chi connectivity index (χ0) is 15.8. The van der Waals surface area contributed by atoms with Gasteiger partial charge in [0.2, 0.25) is 0 Å². The largest absolute Gasteiger partial charge is 0.486 e. The Morgan fingerprint density at radius 3 is 2.52 bits per heavy atom. The van der Waals surface area contributed by atoms with E-state index in [4.69, 9.17) is 20.2 Å². The molecule has 1 saturated heterocycles. The van der Waals surface area contributed by atoms with Crippen LogP contribution >= 0.6 is 0 Å². The lowest BCUT2D eigenvalue weighted by Gasteiger charge is -2.19. The van der Waals surface area contributed by atoms with Gasteiger partial charge in [-0.05, 0) is 32.9 Å². The zero-order valence-electron chi connectivity index (χ0n) is 13.6. The van der Waals surface area contributed by atoms with Crippen molar-refractivity contribution in [1.82, 2.24) is 14.5 Å². The minimum Gasteiger partial charge on any atom is -0.486 e. The van der Waals surface area contributed by atoms with Crippen LogP contribution in [0, 0.1) is 0 Å². The number of nitrogens with two attached hydrogens (primary N) is 1. The molecule has 1 atom stereocenters. The summed E-state index contributed by atoms with van der Waals surface area (Å²) in [5.41, 5.74) is 8.17. The monoisotopic (exact) mass is 316 g/mol. The van der Waals surface area contributed by atoms with Crippen molar-refractivity contribution in [2.45, 2.75) is 32.4 Å². The number of likely N-dealkylation sites (tertiary alicyclic amines) is 1. The molecular formula is C17H24N4O2. The fourth-order valence-electron chi connectivity index (χ4n) is 3.51. The molecule has 6 heteroatoms. The van der Waals surface area contributed by atoms with Gasteiger partial charge in [-0.1, -0.05) is 0 Å². The van der Waals surface area contributed by atoms with Crippen LogP contribution in [0.3, 0.4) is 0 Å². The minimum absolute atomic E-state index is 0.0974. The predicted molar refractivity (Wildman–Crippen MR) is 89.0 cm³/mol. The van der Waals surface area contributed by atoms with Gasteiger partial charge in [-0.3, -0.25) is 0 Å². The number of aromatic nitrogens is 2. The Bertz CT molecular complexity index is 704. The maximum Gasteiger partial charge on any atom is 0.163 e. The fraction of sp³-hybridized carbons (Fsp3) is 0.588. The molecule has 4 rings (SSSR count). The zero-order valence-corrected chi connectivity index (χ0v) is 13.6. The smallest absolute Gasteiger partial charge is 0.163 e. The first-order valence-electron chi connectivity index (χ1n) is 8.50. The number of benzene rings is 1. The molecule has 2 N–H and O–H groups in total. The molecule has 0 aliphatic carbocycles. The molecule has 1 aromatic heterocycles. The van der Waals surface area contributed by atoms with Gasteiger partial charge in [0.1, 0.15) is 19.0 Å². The molecule has 2 aromatic rings. The minimum atomic E-state index is -0.0974. The van der Waals surface area contributed by atoms with E-state index in [-0.39, 0.29) is 6.04 Å². The number of rotatable bonds is 4. The molecule has 124 valence electrons. The van der Waals surface area contributed by atoms with E-state index in [0.717, 1.165) is 41.4 Å². The van der Waals surface area contributed by atoms with Crippen molar-refractivity contribution in [1.29, 1.82) is 0 Å². The van der Waals surface area contributed by atoms with Crippen molar-refractivity contribution in [2.24, 2.45) is 5.73 Å². The third kappa shape index (κ3) is 2.77. The van der Waals surface area contributed by atoms with Gasteiger partial charge in [0.25, 0.3) is 0 Å². The highest BCUT2D eigenvalue weighted by molar-refractivity contribution is 5.81. The molecule has 0 amide bonds. The van der Waals surface area contributed by atoms with Gasteiger partial charge in [0.15, 0.2) is 11.5 Å². The van der Waals surface area contributed by atoms with Crippen LogP contribution in [0.2, 0.25) is 0 Å². The average molecular weight is 316 g/mol. The second kappa shape index (κ2) is 6.02. The lowest BCUT2D eigenvalue weighted by molar-refractivity contribution is 0.172. The Morgan fingerprint density at radius 1 is 1.13 bits per heavy atom. The van der Waals surface area contributed by atoms with E-state index in [0.29, 0.717) is 13.2 Å². The van der Waals surface area contributed by atoms with Gasteiger partial charge in [-0.15, -0.1) is 0 Å². The number of nitrogens with zero attached hydrogens (tertiary/aromatic N) is 3. The van der Waals surface area contributed by atoms with E-state index in [1.807, 2.05) is 19.1 Å². The fourth-order valence-corrected chi connectivity index (χ4v) is 3.51. The molecule has 0 radical (unpaired) electrons. The first kappa shape index (κ1) is 14.8.